The van der Waals surface area contributed by atoms with E-state index in [0.29, 0.717) is 14.7 Å². The quantitative estimate of drug-likeness (QED) is 0.627. The van der Waals surface area contributed by atoms with E-state index in [4.69, 9.17) is 0 Å². The van der Waals surface area contributed by atoms with Crippen molar-refractivity contribution in [1.29, 1.82) is 0 Å². The van der Waals surface area contributed by atoms with Gasteiger partial charge >= 0.3 is 6.36 Å². The van der Waals surface area contributed by atoms with Crippen molar-refractivity contribution in [3.8, 4) is 5.75 Å². The number of alkyl halides is 3. The predicted octanol–water partition coefficient (Wildman–Crippen LogP) is 4.56. The number of ether oxygens (including phenoxy) is 1. The molecule has 0 spiro atoms. The van der Waals surface area contributed by atoms with Crippen LogP contribution in [0.4, 0.5) is 13.2 Å². The molecule has 0 radical (unpaired) electrons. The number of nitrogens with zero attached hydrogens (tertiary/aromatic N) is 1. The molecular formula is C8H2BrF3INOS. The molecule has 86 valence electrons. The Morgan fingerprint density at radius 1 is 1.38 bits per heavy atom. The molecule has 2 nitrogen and oxygen atoms in total. The monoisotopic (exact) mass is 423 g/mol. The molecule has 0 aliphatic heterocycles. The normalized spacial score (nSPS) is 12.1. The van der Waals surface area contributed by atoms with Crippen LogP contribution >= 0.6 is 49.9 Å². The van der Waals surface area contributed by atoms with Crippen LogP contribution in [0.2, 0.25) is 0 Å². The van der Waals surface area contributed by atoms with Crippen LogP contribution < -0.4 is 4.74 Å². The number of rotatable bonds is 1. The van der Waals surface area contributed by atoms with Crippen molar-refractivity contribution >= 4 is 60.1 Å². The van der Waals surface area contributed by atoms with Gasteiger partial charge in [-0.2, -0.15) is 0 Å². The fraction of sp³-hybridized carbons (Fsp3) is 0.125. The fourth-order valence-corrected chi connectivity index (χ4v) is 3.49. The number of benzene rings is 1. The average molecular weight is 424 g/mol. The standard InChI is InChI=1S/C8H2BrF3INOS/c9-4-1-3(15-8(10,11)12)2-5-6(4)14-7(13)16-5/h1-2H. The summed E-state index contributed by atoms with van der Waals surface area (Å²) >= 11 is 6.48. The molecule has 1 heterocycles. The Balaban J connectivity index is 2.49. The van der Waals surface area contributed by atoms with Crippen LogP contribution in [0.15, 0.2) is 16.6 Å². The summed E-state index contributed by atoms with van der Waals surface area (Å²) in [7, 11) is 0. The van der Waals surface area contributed by atoms with E-state index in [-0.39, 0.29) is 5.75 Å². The third-order valence-corrected chi connectivity index (χ3v) is 3.93. The van der Waals surface area contributed by atoms with Crippen molar-refractivity contribution in [2.24, 2.45) is 0 Å². The number of halogens is 5. The highest BCUT2D eigenvalue weighted by Gasteiger charge is 2.31. The van der Waals surface area contributed by atoms with Gasteiger partial charge in [-0.05, 0) is 44.6 Å². The maximum atomic E-state index is 12.0. The summed E-state index contributed by atoms with van der Waals surface area (Å²) in [5, 5.41) is 0. The molecule has 0 fully saturated rings. The van der Waals surface area contributed by atoms with Gasteiger partial charge in [-0.1, -0.05) is 0 Å². The Morgan fingerprint density at radius 2 is 2.06 bits per heavy atom. The molecule has 0 saturated heterocycles. The molecule has 0 unspecified atom stereocenters. The molecule has 1 aromatic carbocycles. The van der Waals surface area contributed by atoms with Gasteiger partial charge in [0, 0.05) is 10.5 Å². The highest BCUT2D eigenvalue weighted by Crippen LogP contribution is 2.35. The van der Waals surface area contributed by atoms with Gasteiger partial charge in [0.15, 0.2) is 3.01 Å². The Labute approximate surface area is 114 Å². The minimum absolute atomic E-state index is 0.244. The molecule has 2 aromatic rings. The second kappa shape index (κ2) is 4.30. The van der Waals surface area contributed by atoms with E-state index in [2.05, 4.69) is 25.7 Å². The van der Waals surface area contributed by atoms with Gasteiger partial charge in [0.05, 0.1) is 10.2 Å². The summed E-state index contributed by atoms with van der Waals surface area (Å²) < 4.78 is 41.8. The Bertz CT molecular complexity index is 542. The summed E-state index contributed by atoms with van der Waals surface area (Å²) in [6.07, 6.45) is -4.68. The SMILES string of the molecule is FC(F)(F)Oc1cc(Br)c2nc(I)sc2c1. The van der Waals surface area contributed by atoms with Gasteiger partial charge in [0.1, 0.15) is 5.75 Å². The van der Waals surface area contributed by atoms with Gasteiger partial charge in [0.25, 0.3) is 0 Å². The zero-order valence-corrected chi connectivity index (χ0v) is 11.9. The second-order valence-electron chi connectivity index (χ2n) is 2.77. The summed E-state index contributed by atoms with van der Waals surface area (Å²) in [5.41, 5.74) is 0.643. The maximum absolute atomic E-state index is 12.0. The fourth-order valence-electron chi connectivity index (χ4n) is 1.13. The van der Waals surface area contributed by atoms with Crippen molar-refractivity contribution in [2.75, 3.05) is 0 Å². The predicted molar refractivity (Wildman–Crippen MR) is 66.7 cm³/mol. The summed E-state index contributed by atoms with van der Waals surface area (Å²) in [6.45, 7) is 0. The number of aromatic nitrogens is 1. The molecule has 8 heteroatoms. The van der Waals surface area contributed by atoms with E-state index in [0.717, 1.165) is 3.01 Å². The lowest BCUT2D eigenvalue weighted by Gasteiger charge is -2.08. The van der Waals surface area contributed by atoms with Crippen LogP contribution in [-0.4, -0.2) is 11.3 Å². The highest BCUT2D eigenvalue weighted by atomic mass is 127. The van der Waals surface area contributed by atoms with Crippen LogP contribution in [0.1, 0.15) is 0 Å². The van der Waals surface area contributed by atoms with E-state index >= 15 is 0 Å². The number of hydrogen-bond acceptors (Lipinski definition) is 3. The van der Waals surface area contributed by atoms with Crippen LogP contribution in [0.3, 0.4) is 0 Å². The first-order chi connectivity index (χ1) is 7.35. The largest absolute Gasteiger partial charge is 0.573 e. The van der Waals surface area contributed by atoms with Crippen molar-refractivity contribution in [3.63, 3.8) is 0 Å². The van der Waals surface area contributed by atoms with Crippen LogP contribution in [0.25, 0.3) is 10.2 Å². The van der Waals surface area contributed by atoms with E-state index in [1.54, 1.807) is 0 Å². The first-order valence-electron chi connectivity index (χ1n) is 3.86. The van der Waals surface area contributed by atoms with Gasteiger partial charge in [-0.3, -0.25) is 0 Å². The first-order valence-corrected chi connectivity index (χ1v) is 6.55. The van der Waals surface area contributed by atoms with Crippen LogP contribution in [-0.2, 0) is 0 Å². The molecule has 0 saturated carbocycles. The van der Waals surface area contributed by atoms with Crippen LogP contribution in [0, 0.1) is 3.01 Å². The molecule has 0 bridgehead atoms. The molecule has 0 amide bonds. The molecule has 0 atom stereocenters. The molecule has 0 aliphatic carbocycles. The molecule has 16 heavy (non-hydrogen) atoms. The van der Waals surface area contributed by atoms with Crippen molar-refractivity contribution in [3.05, 3.63) is 19.6 Å². The third kappa shape index (κ3) is 2.77. The molecule has 2 rings (SSSR count). The average Bonchev–Trinajstić information content (AvgIpc) is 2.42. The van der Waals surface area contributed by atoms with Gasteiger partial charge in [-0.25, -0.2) is 4.98 Å². The number of hydrogen-bond donors (Lipinski definition) is 0. The maximum Gasteiger partial charge on any atom is 0.573 e. The van der Waals surface area contributed by atoms with E-state index in [1.165, 1.54) is 23.5 Å². The Hall–Kier alpha value is -0.0900. The lowest BCUT2D eigenvalue weighted by molar-refractivity contribution is -0.274. The zero-order valence-electron chi connectivity index (χ0n) is 7.31. The topological polar surface area (TPSA) is 22.1 Å². The second-order valence-corrected chi connectivity index (χ2v) is 6.41. The Morgan fingerprint density at radius 3 is 2.69 bits per heavy atom. The number of fused-ring (bicyclic) bond motifs is 1. The van der Waals surface area contributed by atoms with Crippen molar-refractivity contribution in [2.45, 2.75) is 6.36 Å². The zero-order chi connectivity index (χ0) is 11.9. The molecule has 1 aromatic heterocycles. The molecule has 0 N–H and O–H groups in total. The van der Waals surface area contributed by atoms with E-state index in [9.17, 15) is 13.2 Å². The summed E-state index contributed by atoms with van der Waals surface area (Å²) in [6, 6.07) is 2.58. The lowest BCUT2D eigenvalue weighted by atomic mass is 10.3. The first kappa shape index (κ1) is 12.4. The Kier molecular flexibility index (Phi) is 3.32. The van der Waals surface area contributed by atoms with Crippen LogP contribution in [0.5, 0.6) is 5.75 Å². The van der Waals surface area contributed by atoms with Gasteiger partial charge < -0.3 is 4.74 Å². The third-order valence-electron chi connectivity index (χ3n) is 1.63. The van der Waals surface area contributed by atoms with Crippen molar-refractivity contribution in [1.82, 2.24) is 4.98 Å². The highest BCUT2D eigenvalue weighted by molar-refractivity contribution is 14.1. The van der Waals surface area contributed by atoms with Crippen molar-refractivity contribution < 1.29 is 17.9 Å². The summed E-state index contributed by atoms with van der Waals surface area (Å²) in [5.74, 6) is -0.244. The molecule has 0 aliphatic rings. The molecular weight excluding hydrogens is 422 g/mol. The number of thiazole rings is 1. The van der Waals surface area contributed by atoms with Gasteiger partial charge in [-0.15, -0.1) is 24.5 Å². The van der Waals surface area contributed by atoms with E-state index < -0.39 is 6.36 Å². The summed E-state index contributed by atoms with van der Waals surface area (Å²) in [4.78, 5) is 4.17. The smallest absolute Gasteiger partial charge is 0.406 e. The van der Waals surface area contributed by atoms with E-state index in [1.807, 2.05) is 22.6 Å². The van der Waals surface area contributed by atoms with Gasteiger partial charge in [0.2, 0.25) is 0 Å². The minimum atomic E-state index is -4.68. The minimum Gasteiger partial charge on any atom is -0.406 e. The lowest BCUT2D eigenvalue weighted by Crippen LogP contribution is -2.17.